The molecule has 35 heavy (non-hydrogen) atoms. The Bertz CT molecular complexity index is 1440. The van der Waals surface area contributed by atoms with Gasteiger partial charge < -0.3 is 14.8 Å². The van der Waals surface area contributed by atoms with Gasteiger partial charge in [-0.1, -0.05) is 48.5 Å². The van der Waals surface area contributed by atoms with Crippen molar-refractivity contribution >= 4 is 45.6 Å². The van der Waals surface area contributed by atoms with Gasteiger partial charge in [0, 0.05) is 10.3 Å². The fourth-order valence-electron chi connectivity index (χ4n) is 3.40. The molecular formula is C25H21N3O6S. The number of ether oxygens (including phenoxy) is 2. The molecular weight excluding hydrogens is 470 g/mol. The van der Waals surface area contributed by atoms with Gasteiger partial charge in [-0.15, -0.1) is 11.3 Å². The normalized spacial score (nSPS) is 10.7. The standard InChI is InChI=1S/C25H21N3O6S/c1-2-33-25(32)23-19(12-20(35-23)15-8-4-3-5-9-15)26-21(29)14-34-22(30)13-18-16-10-6-7-11-17(16)24(31)28-27-18/h3-12H,2,13-14H2,1H3,(H,26,29)(H,28,31). The predicted molar refractivity (Wildman–Crippen MR) is 131 cm³/mol. The number of hydrogen-bond acceptors (Lipinski definition) is 8. The Balaban J connectivity index is 1.43. The highest BCUT2D eigenvalue weighted by Crippen LogP contribution is 2.35. The zero-order chi connectivity index (χ0) is 24.8. The Morgan fingerprint density at radius 1 is 1.00 bits per heavy atom. The Labute approximate surface area is 203 Å². The number of anilines is 1. The summed E-state index contributed by atoms with van der Waals surface area (Å²) in [6, 6.07) is 17.8. The molecule has 9 nitrogen and oxygen atoms in total. The number of carbonyl (C=O) groups excluding carboxylic acids is 3. The van der Waals surface area contributed by atoms with Crippen LogP contribution in [0.1, 0.15) is 22.3 Å². The van der Waals surface area contributed by atoms with E-state index in [0.717, 1.165) is 10.4 Å². The lowest BCUT2D eigenvalue weighted by molar-refractivity contribution is -0.146. The quantitative estimate of drug-likeness (QED) is 0.361. The van der Waals surface area contributed by atoms with Crippen LogP contribution in [-0.4, -0.2) is 41.3 Å². The first kappa shape index (κ1) is 23.8. The van der Waals surface area contributed by atoms with Crippen LogP contribution in [0.25, 0.3) is 21.2 Å². The van der Waals surface area contributed by atoms with Gasteiger partial charge in [0.25, 0.3) is 11.5 Å². The van der Waals surface area contributed by atoms with Crippen molar-refractivity contribution in [3.05, 3.63) is 81.6 Å². The molecule has 2 heterocycles. The van der Waals surface area contributed by atoms with Gasteiger partial charge in [-0.2, -0.15) is 5.10 Å². The largest absolute Gasteiger partial charge is 0.462 e. The molecule has 2 N–H and O–H groups in total. The molecule has 0 radical (unpaired) electrons. The summed E-state index contributed by atoms with van der Waals surface area (Å²) >= 11 is 1.20. The summed E-state index contributed by atoms with van der Waals surface area (Å²) in [7, 11) is 0. The zero-order valence-corrected chi connectivity index (χ0v) is 19.5. The number of nitrogens with zero attached hydrogens (tertiary/aromatic N) is 1. The fraction of sp³-hybridized carbons (Fsp3) is 0.160. The van der Waals surface area contributed by atoms with Crippen molar-refractivity contribution in [2.75, 3.05) is 18.5 Å². The summed E-state index contributed by atoms with van der Waals surface area (Å²) in [6.45, 7) is 1.33. The summed E-state index contributed by atoms with van der Waals surface area (Å²) in [5, 5.41) is 9.85. The van der Waals surface area contributed by atoms with E-state index in [0.29, 0.717) is 16.5 Å². The maximum atomic E-state index is 12.5. The highest BCUT2D eigenvalue weighted by molar-refractivity contribution is 7.18. The topological polar surface area (TPSA) is 127 Å². The van der Waals surface area contributed by atoms with E-state index in [1.807, 2.05) is 30.3 Å². The Morgan fingerprint density at radius 3 is 2.46 bits per heavy atom. The van der Waals surface area contributed by atoms with Gasteiger partial charge in [0.1, 0.15) is 4.88 Å². The Hall–Kier alpha value is -4.31. The SMILES string of the molecule is CCOC(=O)c1sc(-c2ccccc2)cc1NC(=O)COC(=O)Cc1n[nH]c(=O)c2ccccc12. The minimum Gasteiger partial charge on any atom is -0.462 e. The van der Waals surface area contributed by atoms with E-state index >= 15 is 0 Å². The number of aromatic nitrogens is 2. The fourth-order valence-corrected chi connectivity index (χ4v) is 4.42. The minimum atomic E-state index is -0.689. The number of H-pyrrole nitrogens is 1. The van der Waals surface area contributed by atoms with E-state index < -0.39 is 24.5 Å². The first-order valence-corrected chi connectivity index (χ1v) is 11.6. The number of benzene rings is 2. The molecule has 0 aliphatic heterocycles. The lowest BCUT2D eigenvalue weighted by Gasteiger charge is -2.08. The third-order valence-electron chi connectivity index (χ3n) is 4.98. The summed E-state index contributed by atoms with van der Waals surface area (Å²) in [6.07, 6.45) is -0.227. The van der Waals surface area contributed by atoms with Crippen molar-refractivity contribution in [2.24, 2.45) is 0 Å². The number of hydrogen-bond donors (Lipinski definition) is 2. The van der Waals surface area contributed by atoms with E-state index in [1.54, 1.807) is 37.3 Å². The van der Waals surface area contributed by atoms with Crippen LogP contribution in [0.3, 0.4) is 0 Å². The van der Waals surface area contributed by atoms with Crippen molar-refractivity contribution in [1.82, 2.24) is 10.2 Å². The molecule has 10 heteroatoms. The van der Waals surface area contributed by atoms with Gasteiger partial charge >= 0.3 is 11.9 Å². The van der Waals surface area contributed by atoms with E-state index in [-0.39, 0.29) is 29.2 Å². The van der Waals surface area contributed by atoms with E-state index in [9.17, 15) is 19.2 Å². The van der Waals surface area contributed by atoms with Crippen molar-refractivity contribution < 1.29 is 23.9 Å². The predicted octanol–water partition coefficient (Wildman–Crippen LogP) is 3.55. The molecule has 0 bridgehead atoms. The number of thiophene rings is 1. The average molecular weight is 492 g/mol. The molecule has 2 aromatic carbocycles. The second kappa shape index (κ2) is 10.7. The van der Waals surface area contributed by atoms with Crippen LogP contribution < -0.4 is 10.9 Å². The molecule has 0 aliphatic carbocycles. The van der Waals surface area contributed by atoms with Crippen LogP contribution in [0.4, 0.5) is 5.69 Å². The number of carbonyl (C=O) groups is 3. The van der Waals surface area contributed by atoms with Crippen molar-refractivity contribution in [1.29, 1.82) is 0 Å². The molecule has 0 atom stereocenters. The van der Waals surface area contributed by atoms with Crippen LogP contribution in [0.2, 0.25) is 0 Å². The summed E-state index contributed by atoms with van der Waals surface area (Å²) in [5.41, 5.74) is 1.14. The minimum absolute atomic E-state index is 0.190. The number of fused-ring (bicyclic) bond motifs is 1. The molecule has 0 spiro atoms. The Kier molecular flexibility index (Phi) is 7.32. The van der Waals surface area contributed by atoms with Crippen LogP contribution in [0.15, 0.2) is 65.5 Å². The number of esters is 2. The highest BCUT2D eigenvalue weighted by atomic mass is 32.1. The molecule has 1 amide bonds. The third-order valence-corrected chi connectivity index (χ3v) is 6.14. The molecule has 0 fully saturated rings. The molecule has 0 unspecified atom stereocenters. The molecule has 4 rings (SSSR count). The van der Waals surface area contributed by atoms with Crippen LogP contribution in [0, 0.1) is 0 Å². The van der Waals surface area contributed by atoms with E-state index in [1.165, 1.54) is 11.3 Å². The first-order chi connectivity index (χ1) is 17.0. The lowest BCUT2D eigenvalue weighted by Crippen LogP contribution is -2.23. The number of amides is 1. The maximum absolute atomic E-state index is 12.5. The van der Waals surface area contributed by atoms with Crippen molar-refractivity contribution in [2.45, 2.75) is 13.3 Å². The zero-order valence-electron chi connectivity index (χ0n) is 18.7. The molecule has 178 valence electrons. The van der Waals surface area contributed by atoms with Crippen LogP contribution >= 0.6 is 11.3 Å². The van der Waals surface area contributed by atoms with Gasteiger partial charge in [-0.25, -0.2) is 9.89 Å². The van der Waals surface area contributed by atoms with Gasteiger partial charge in [0.15, 0.2) is 6.61 Å². The molecule has 0 aliphatic rings. The van der Waals surface area contributed by atoms with Crippen LogP contribution in [-0.2, 0) is 25.5 Å². The van der Waals surface area contributed by atoms with Crippen LogP contribution in [0.5, 0.6) is 0 Å². The average Bonchev–Trinajstić information content (AvgIpc) is 3.29. The number of aromatic amines is 1. The summed E-state index contributed by atoms with van der Waals surface area (Å²) < 4.78 is 10.2. The summed E-state index contributed by atoms with van der Waals surface area (Å²) in [5.74, 6) is -1.85. The first-order valence-electron chi connectivity index (χ1n) is 10.7. The highest BCUT2D eigenvalue weighted by Gasteiger charge is 2.21. The monoisotopic (exact) mass is 491 g/mol. The Morgan fingerprint density at radius 2 is 1.71 bits per heavy atom. The second-order valence-corrected chi connectivity index (χ2v) is 8.42. The second-order valence-electron chi connectivity index (χ2n) is 7.37. The van der Waals surface area contributed by atoms with Gasteiger partial charge in [0.2, 0.25) is 0 Å². The molecule has 0 saturated carbocycles. The third kappa shape index (κ3) is 5.61. The number of nitrogens with one attached hydrogen (secondary N) is 2. The van der Waals surface area contributed by atoms with Gasteiger partial charge in [-0.3, -0.25) is 14.4 Å². The molecule has 4 aromatic rings. The van der Waals surface area contributed by atoms with Crippen molar-refractivity contribution in [3.8, 4) is 10.4 Å². The molecule has 2 aromatic heterocycles. The summed E-state index contributed by atoms with van der Waals surface area (Å²) in [4.78, 5) is 50.2. The van der Waals surface area contributed by atoms with E-state index in [2.05, 4.69) is 15.5 Å². The maximum Gasteiger partial charge on any atom is 0.350 e. The smallest absolute Gasteiger partial charge is 0.350 e. The van der Waals surface area contributed by atoms with Crippen molar-refractivity contribution in [3.63, 3.8) is 0 Å². The molecule has 0 saturated heterocycles. The van der Waals surface area contributed by atoms with E-state index in [4.69, 9.17) is 9.47 Å². The number of rotatable bonds is 8. The lowest BCUT2D eigenvalue weighted by atomic mass is 10.1. The van der Waals surface area contributed by atoms with Gasteiger partial charge in [0.05, 0.1) is 29.8 Å². The van der Waals surface area contributed by atoms with Gasteiger partial charge in [-0.05, 0) is 24.6 Å².